The largest absolute Gasteiger partial charge is 0.376 e. The number of para-hydroxylation sites is 1. The number of hydrogen-bond acceptors (Lipinski definition) is 4. The van der Waals surface area contributed by atoms with Gasteiger partial charge in [0.15, 0.2) is 0 Å². The summed E-state index contributed by atoms with van der Waals surface area (Å²) in [6.45, 7) is 3.36. The Bertz CT molecular complexity index is 582. The number of nitrogens with zero attached hydrogens (tertiary/aromatic N) is 1. The minimum Gasteiger partial charge on any atom is -0.376 e. The molecule has 2 aliphatic rings. The third-order valence-electron chi connectivity index (χ3n) is 4.86. The normalized spacial score (nSPS) is 21.3. The molecule has 3 amide bonds. The van der Waals surface area contributed by atoms with Crippen molar-refractivity contribution in [2.24, 2.45) is 0 Å². The zero-order chi connectivity index (χ0) is 18.2. The first-order valence-electron chi connectivity index (χ1n) is 9.42. The van der Waals surface area contributed by atoms with Crippen LogP contribution >= 0.6 is 0 Å². The molecule has 26 heavy (non-hydrogen) atoms. The van der Waals surface area contributed by atoms with Gasteiger partial charge in [-0.25, -0.2) is 4.79 Å². The molecule has 1 aromatic rings. The highest BCUT2D eigenvalue weighted by molar-refractivity contribution is 5.92. The van der Waals surface area contributed by atoms with Crippen molar-refractivity contribution in [1.29, 1.82) is 0 Å². The summed E-state index contributed by atoms with van der Waals surface area (Å²) >= 11 is 0. The van der Waals surface area contributed by atoms with Crippen LogP contribution in [-0.2, 0) is 9.53 Å². The predicted molar refractivity (Wildman–Crippen MR) is 100 cm³/mol. The van der Waals surface area contributed by atoms with Crippen molar-refractivity contribution in [2.75, 3.05) is 38.1 Å². The molecule has 2 heterocycles. The van der Waals surface area contributed by atoms with Crippen molar-refractivity contribution in [1.82, 2.24) is 15.5 Å². The van der Waals surface area contributed by atoms with E-state index in [2.05, 4.69) is 20.9 Å². The van der Waals surface area contributed by atoms with E-state index in [1.807, 2.05) is 30.3 Å². The lowest BCUT2D eigenvalue weighted by Crippen LogP contribution is -2.49. The minimum absolute atomic E-state index is 0.00286. The van der Waals surface area contributed by atoms with Crippen LogP contribution in [0.15, 0.2) is 30.3 Å². The van der Waals surface area contributed by atoms with E-state index in [4.69, 9.17) is 4.74 Å². The Morgan fingerprint density at radius 2 is 1.88 bits per heavy atom. The van der Waals surface area contributed by atoms with Crippen LogP contribution in [0.4, 0.5) is 10.5 Å². The molecule has 0 aromatic heterocycles. The van der Waals surface area contributed by atoms with Crippen molar-refractivity contribution in [3.05, 3.63) is 30.3 Å². The summed E-state index contributed by atoms with van der Waals surface area (Å²) < 4.78 is 5.50. The first-order chi connectivity index (χ1) is 12.7. The van der Waals surface area contributed by atoms with Gasteiger partial charge >= 0.3 is 6.03 Å². The number of anilines is 1. The van der Waals surface area contributed by atoms with Crippen molar-refractivity contribution in [2.45, 2.75) is 37.8 Å². The molecular formula is C19H28N4O3. The fourth-order valence-corrected chi connectivity index (χ4v) is 3.41. The molecule has 1 atom stereocenters. The summed E-state index contributed by atoms with van der Waals surface area (Å²) in [5.74, 6) is -0.00286. The van der Waals surface area contributed by atoms with Crippen molar-refractivity contribution < 1.29 is 14.3 Å². The second kappa shape index (κ2) is 9.54. The fraction of sp³-hybridized carbons (Fsp3) is 0.579. The van der Waals surface area contributed by atoms with Crippen molar-refractivity contribution in [3.63, 3.8) is 0 Å². The summed E-state index contributed by atoms with van der Waals surface area (Å²) in [6, 6.07) is 9.51. The molecular weight excluding hydrogens is 332 g/mol. The number of nitrogens with one attached hydrogen (secondary N) is 3. The Morgan fingerprint density at radius 1 is 1.12 bits per heavy atom. The van der Waals surface area contributed by atoms with Gasteiger partial charge in [-0.15, -0.1) is 0 Å². The number of hydrogen-bond donors (Lipinski definition) is 3. The van der Waals surface area contributed by atoms with Gasteiger partial charge in [0.05, 0.1) is 12.6 Å². The maximum absolute atomic E-state index is 12.1. The van der Waals surface area contributed by atoms with Crippen LogP contribution in [-0.4, -0.2) is 61.8 Å². The van der Waals surface area contributed by atoms with Crippen LogP contribution in [0.1, 0.15) is 25.7 Å². The number of piperidine rings is 1. The van der Waals surface area contributed by atoms with Crippen LogP contribution in [0.3, 0.4) is 0 Å². The van der Waals surface area contributed by atoms with Crippen molar-refractivity contribution >= 4 is 17.6 Å². The van der Waals surface area contributed by atoms with Gasteiger partial charge in [-0.1, -0.05) is 18.2 Å². The van der Waals surface area contributed by atoms with Crippen LogP contribution in [0.5, 0.6) is 0 Å². The second-order valence-electron chi connectivity index (χ2n) is 6.95. The molecule has 1 aromatic carbocycles. The zero-order valence-electron chi connectivity index (χ0n) is 15.1. The third kappa shape index (κ3) is 6.00. The van der Waals surface area contributed by atoms with E-state index in [0.29, 0.717) is 13.1 Å². The number of amides is 3. The molecule has 0 bridgehead atoms. The highest BCUT2D eigenvalue weighted by Crippen LogP contribution is 2.12. The van der Waals surface area contributed by atoms with E-state index in [0.717, 1.165) is 51.1 Å². The molecule has 2 fully saturated rings. The number of carbonyl (C=O) groups excluding carboxylic acids is 2. The van der Waals surface area contributed by atoms with Crippen LogP contribution < -0.4 is 16.0 Å². The molecule has 7 heteroatoms. The van der Waals surface area contributed by atoms with Gasteiger partial charge in [0.1, 0.15) is 0 Å². The van der Waals surface area contributed by atoms with Gasteiger partial charge in [0.25, 0.3) is 0 Å². The highest BCUT2D eigenvalue weighted by Gasteiger charge is 2.23. The van der Waals surface area contributed by atoms with E-state index in [-0.39, 0.29) is 24.1 Å². The monoisotopic (exact) mass is 360 g/mol. The maximum atomic E-state index is 12.1. The SMILES string of the molecule is O=C(CN1CCC(NC(=O)NCC2CCCO2)CC1)Nc1ccccc1. The predicted octanol–water partition coefficient (Wildman–Crippen LogP) is 1.57. The Kier molecular flexibility index (Phi) is 6.85. The molecule has 7 nitrogen and oxygen atoms in total. The first kappa shape index (κ1) is 18.7. The number of urea groups is 1. The third-order valence-corrected chi connectivity index (χ3v) is 4.86. The summed E-state index contributed by atoms with van der Waals surface area (Å²) in [7, 11) is 0. The average Bonchev–Trinajstić information content (AvgIpc) is 3.16. The molecule has 0 aliphatic carbocycles. The lowest BCUT2D eigenvalue weighted by molar-refractivity contribution is -0.117. The van der Waals surface area contributed by atoms with E-state index < -0.39 is 0 Å². The zero-order valence-corrected chi connectivity index (χ0v) is 15.1. The molecule has 2 saturated heterocycles. The lowest BCUT2D eigenvalue weighted by Gasteiger charge is -2.31. The van der Waals surface area contributed by atoms with Crippen molar-refractivity contribution in [3.8, 4) is 0 Å². The Morgan fingerprint density at radius 3 is 2.58 bits per heavy atom. The van der Waals surface area contributed by atoms with Gasteiger partial charge in [0, 0.05) is 38.0 Å². The molecule has 0 saturated carbocycles. The van der Waals surface area contributed by atoms with Crippen LogP contribution in [0, 0.1) is 0 Å². The average molecular weight is 360 g/mol. The number of benzene rings is 1. The minimum atomic E-state index is -0.124. The van der Waals surface area contributed by atoms with E-state index >= 15 is 0 Å². The molecule has 3 N–H and O–H groups in total. The standard InChI is InChI=1S/C19H28N4O3/c24-18(21-15-5-2-1-3-6-15)14-23-10-8-16(9-11-23)22-19(25)20-13-17-7-4-12-26-17/h1-3,5-6,16-17H,4,7-14H2,(H,21,24)(H2,20,22,25). The van der Waals surface area contributed by atoms with E-state index in [1.165, 1.54) is 0 Å². The number of rotatable bonds is 6. The quantitative estimate of drug-likeness (QED) is 0.719. The van der Waals surface area contributed by atoms with E-state index in [1.54, 1.807) is 0 Å². The van der Waals surface area contributed by atoms with Gasteiger partial charge in [-0.05, 0) is 37.8 Å². The fourth-order valence-electron chi connectivity index (χ4n) is 3.41. The van der Waals surface area contributed by atoms with E-state index in [9.17, 15) is 9.59 Å². The molecule has 0 radical (unpaired) electrons. The Hall–Kier alpha value is -2.12. The molecule has 1 unspecified atom stereocenters. The first-order valence-corrected chi connectivity index (χ1v) is 9.42. The summed E-state index contributed by atoms with van der Waals surface area (Å²) in [5, 5.41) is 8.82. The van der Waals surface area contributed by atoms with Crippen LogP contribution in [0.25, 0.3) is 0 Å². The van der Waals surface area contributed by atoms with Gasteiger partial charge < -0.3 is 20.7 Å². The van der Waals surface area contributed by atoms with Gasteiger partial charge in [-0.2, -0.15) is 0 Å². The van der Waals surface area contributed by atoms with Crippen LogP contribution in [0.2, 0.25) is 0 Å². The second-order valence-corrected chi connectivity index (χ2v) is 6.95. The molecule has 2 aliphatic heterocycles. The number of carbonyl (C=O) groups is 2. The number of ether oxygens (including phenoxy) is 1. The Labute approximate surface area is 154 Å². The maximum Gasteiger partial charge on any atom is 0.315 e. The van der Waals surface area contributed by atoms with Gasteiger partial charge in [0.2, 0.25) is 5.91 Å². The summed E-state index contributed by atoms with van der Waals surface area (Å²) in [4.78, 5) is 26.2. The summed E-state index contributed by atoms with van der Waals surface area (Å²) in [6.07, 6.45) is 3.96. The lowest BCUT2D eigenvalue weighted by atomic mass is 10.1. The molecule has 142 valence electrons. The summed E-state index contributed by atoms with van der Waals surface area (Å²) in [5.41, 5.74) is 0.817. The Balaban J connectivity index is 1.31. The smallest absolute Gasteiger partial charge is 0.315 e. The topological polar surface area (TPSA) is 82.7 Å². The van der Waals surface area contributed by atoms with Gasteiger partial charge in [-0.3, -0.25) is 9.69 Å². The molecule has 3 rings (SSSR count). The highest BCUT2D eigenvalue weighted by atomic mass is 16.5. The number of likely N-dealkylation sites (tertiary alicyclic amines) is 1. The molecule has 0 spiro atoms.